The average molecular weight is 1030 g/mol. The molecular formula is C62H114N2O7P+. The number of quaternary nitrogens is 1. The third-order valence-corrected chi connectivity index (χ3v) is 13.9. The number of nitrogens with zero attached hydrogens (tertiary/aromatic N) is 1. The van der Waals surface area contributed by atoms with E-state index in [0.717, 1.165) is 109 Å². The van der Waals surface area contributed by atoms with Gasteiger partial charge >= 0.3 is 13.8 Å². The summed E-state index contributed by atoms with van der Waals surface area (Å²) in [6.07, 6.45) is 66.0. The summed E-state index contributed by atoms with van der Waals surface area (Å²) in [6, 6.07) is -0.862. The van der Waals surface area contributed by atoms with Crippen molar-refractivity contribution in [2.45, 2.75) is 270 Å². The number of allylic oxidation sites excluding steroid dienone is 11. The van der Waals surface area contributed by atoms with Crippen LogP contribution in [0.4, 0.5) is 0 Å². The lowest BCUT2D eigenvalue weighted by molar-refractivity contribution is -0.870. The molecule has 0 aromatic carbocycles. The number of esters is 1. The lowest BCUT2D eigenvalue weighted by Crippen LogP contribution is -2.47. The smallest absolute Gasteiger partial charge is 0.456 e. The second kappa shape index (κ2) is 51.9. The van der Waals surface area contributed by atoms with Crippen molar-refractivity contribution in [2.24, 2.45) is 0 Å². The maximum Gasteiger partial charge on any atom is 0.472 e. The standard InChI is InChI=1S/C62H113N2O7P/c1-7-10-13-16-19-22-25-28-30-31-32-33-35-37-40-43-46-49-52-55-62(66)71-60(53-50-47-44-41-38-27-24-21-18-15-12-9-3)59(58-70-72(67,68)69-57-56-64(4,5)6)63-61(65)54-51-48-45-42-39-36-34-29-26-23-20-17-14-11-8-2/h19-20,22-23,26,28-30,32-33,50,53,59-60H,7-18,21,24-25,27,31,34-49,51-52,54-58H2,1-6H3,(H-,63,65,67,68)/p+1/b22-19-,23-20+,29-26+,30-28-,33-32-,53-50+. The Balaban J connectivity index is 5.35. The molecule has 418 valence electrons. The first kappa shape index (κ1) is 69.5. The van der Waals surface area contributed by atoms with Gasteiger partial charge in [-0.25, -0.2) is 4.57 Å². The Kier molecular flexibility index (Phi) is 50.1. The van der Waals surface area contributed by atoms with E-state index >= 15 is 0 Å². The molecule has 0 aliphatic heterocycles. The number of nitrogens with one attached hydrogen (secondary N) is 1. The van der Waals surface area contributed by atoms with Crippen molar-refractivity contribution in [1.29, 1.82) is 0 Å². The maximum atomic E-state index is 13.5. The normalized spacial score (nSPS) is 14.3. The van der Waals surface area contributed by atoms with E-state index in [1.165, 1.54) is 116 Å². The number of carbonyl (C=O) groups is 2. The minimum Gasteiger partial charge on any atom is -0.456 e. The summed E-state index contributed by atoms with van der Waals surface area (Å²) in [5.74, 6) is -0.533. The van der Waals surface area contributed by atoms with Crippen molar-refractivity contribution >= 4 is 19.7 Å². The van der Waals surface area contributed by atoms with Gasteiger partial charge in [0.15, 0.2) is 0 Å². The first-order valence-electron chi connectivity index (χ1n) is 29.8. The Hall–Kier alpha value is -2.55. The highest BCUT2D eigenvalue weighted by Crippen LogP contribution is 2.43. The topological polar surface area (TPSA) is 111 Å². The van der Waals surface area contributed by atoms with E-state index in [1.54, 1.807) is 0 Å². The summed E-state index contributed by atoms with van der Waals surface area (Å²) in [7, 11) is 1.47. The Morgan fingerprint density at radius 3 is 1.38 bits per heavy atom. The molecule has 0 rings (SSSR count). The zero-order chi connectivity index (χ0) is 52.9. The van der Waals surface area contributed by atoms with Gasteiger partial charge in [-0.3, -0.25) is 18.6 Å². The minimum atomic E-state index is -4.45. The minimum absolute atomic E-state index is 0.0331. The van der Waals surface area contributed by atoms with Crippen LogP contribution in [0.3, 0.4) is 0 Å². The van der Waals surface area contributed by atoms with Crippen LogP contribution in [0.5, 0.6) is 0 Å². The fourth-order valence-electron chi connectivity index (χ4n) is 8.23. The number of phosphoric acid groups is 1. The van der Waals surface area contributed by atoms with Crippen LogP contribution in [0.2, 0.25) is 0 Å². The maximum absolute atomic E-state index is 13.5. The van der Waals surface area contributed by atoms with Gasteiger partial charge in [-0.2, -0.15) is 0 Å². The summed E-state index contributed by atoms with van der Waals surface area (Å²) in [4.78, 5) is 37.6. The van der Waals surface area contributed by atoms with Crippen LogP contribution in [0.25, 0.3) is 0 Å². The molecule has 0 aliphatic carbocycles. The molecule has 3 unspecified atom stereocenters. The highest BCUT2D eigenvalue weighted by Gasteiger charge is 2.30. The predicted octanol–water partition coefficient (Wildman–Crippen LogP) is 18.1. The third-order valence-electron chi connectivity index (χ3n) is 12.9. The van der Waals surface area contributed by atoms with Crippen LogP contribution in [0.15, 0.2) is 72.9 Å². The molecule has 0 radical (unpaired) electrons. The highest BCUT2D eigenvalue weighted by molar-refractivity contribution is 7.47. The van der Waals surface area contributed by atoms with Gasteiger partial charge in [-0.1, -0.05) is 222 Å². The molecule has 0 bridgehead atoms. The number of phosphoric ester groups is 1. The van der Waals surface area contributed by atoms with E-state index in [2.05, 4.69) is 86.8 Å². The fourth-order valence-corrected chi connectivity index (χ4v) is 8.97. The molecule has 0 aromatic heterocycles. The number of hydrogen-bond acceptors (Lipinski definition) is 6. The monoisotopic (exact) mass is 1030 g/mol. The van der Waals surface area contributed by atoms with Crippen LogP contribution in [0, 0.1) is 0 Å². The van der Waals surface area contributed by atoms with Gasteiger partial charge in [0, 0.05) is 12.8 Å². The van der Waals surface area contributed by atoms with E-state index in [0.29, 0.717) is 17.4 Å². The largest absolute Gasteiger partial charge is 0.472 e. The van der Waals surface area contributed by atoms with E-state index in [9.17, 15) is 19.0 Å². The highest BCUT2D eigenvalue weighted by atomic mass is 31.2. The zero-order valence-electron chi connectivity index (χ0n) is 47.7. The molecule has 2 N–H and O–H groups in total. The van der Waals surface area contributed by atoms with E-state index < -0.39 is 20.0 Å². The summed E-state index contributed by atoms with van der Waals surface area (Å²) in [5, 5.41) is 3.04. The molecule has 0 spiro atoms. The number of rotatable bonds is 53. The van der Waals surface area contributed by atoms with Gasteiger partial charge < -0.3 is 19.4 Å². The molecular weight excluding hydrogens is 916 g/mol. The molecule has 9 nitrogen and oxygen atoms in total. The Labute approximate surface area is 444 Å². The quantitative estimate of drug-likeness (QED) is 0.0156. The predicted molar refractivity (Wildman–Crippen MR) is 309 cm³/mol. The number of unbranched alkanes of at least 4 members (excludes halogenated alkanes) is 28. The van der Waals surface area contributed by atoms with E-state index in [4.69, 9.17) is 13.8 Å². The van der Waals surface area contributed by atoms with Crippen LogP contribution >= 0.6 is 7.82 Å². The molecule has 0 aromatic rings. The van der Waals surface area contributed by atoms with Crippen molar-refractivity contribution in [3.05, 3.63) is 72.9 Å². The summed E-state index contributed by atoms with van der Waals surface area (Å²) in [5.41, 5.74) is 0. The van der Waals surface area contributed by atoms with Crippen LogP contribution in [-0.2, 0) is 27.9 Å². The van der Waals surface area contributed by atoms with E-state index in [1.807, 2.05) is 33.3 Å². The number of hydrogen-bond donors (Lipinski definition) is 2. The molecule has 0 saturated heterocycles. The van der Waals surface area contributed by atoms with Crippen LogP contribution < -0.4 is 5.32 Å². The molecule has 10 heteroatoms. The van der Waals surface area contributed by atoms with Gasteiger partial charge in [0.25, 0.3) is 0 Å². The average Bonchev–Trinajstić information content (AvgIpc) is 3.34. The van der Waals surface area contributed by atoms with Crippen molar-refractivity contribution in [3.63, 3.8) is 0 Å². The number of likely N-dealkylation sites (N-methyl/N-ethyl adjacent to an activating group) is 1. The Bertz CT molecular complexity index is 1460. The summed E-state index contributed by atoms with van der Waals surface area (Å²) in [6.45, 7) is 6.93. The Morgan fingerprint density at radius 2 is 0.889 bits per heavy atom. The number of ether oxygens (including phenoxy) is 1. The van der Waals surface area contributed by atoms with Crippen molar-refractivity contribution < 1.29 is 37.3 Å². The molecule has 0 fully saturated rings. The first-order chi connectivity index (χ1) is 34.9. The van der Waals surface area contributed by atoms with Gasteiger partial charge in [0.1, 0.15) is 19.3 Å². The molecule has 0 heterocycles. The molecule has 1 amide bonds. The second-order valence-corrected chi connectivity index (χ2v) is 22.6. The SMILES string of the molecule is CCCCC/C=C\C/C=C\C/C=C\CCCCCCCCC(=O)OC(/C=C/CCCCCCCCCCCC)C(COP(=O)(O)OCC[N+](C)(C)C)NC(=O)CCCCCCCC/C=C/C=C/CCCCC. The lowest BCUT2D eigenvalue weighted by Gasteiger charge is -2.27. The summed E-state index contributed by atoms with van der Waals surface area (Å²) >= 11 is 0. The third kappa shape index (κ3) is 52.3. The summed E-state index contributed by atoms with van der Waals surface area (Å²) < 4.78 is 30.6. The van der Waals surface area contributed by atoms with E-state index in [-0.39, 0.29) is 31.5 Å². The van der Waals surface area contributed by atoms with Gasteiger partial charge in [-0.05, 0) is 96.0 Å². The zero-order valence-corrected chi connectivity index (χ0v) is 48.6. The molecule has 72 heavy (non-hydrogen) atoms. The molecule has 0 saturated carbocycles. The number of carbonyl (C=O) groups excluding carboxylic acids is 2. The van der Waals surface area contributed by atoms with Crippen molar-refractivity contribution in [1.82, 2.24) is 5.32 Å². The number of amides is 1. The first-order valence-corrected chi connectivity index (χ1v) is 31.3. The van der Waals surface area contributed by atoms with Gasteiger partial charge in [-0.15, -0.1) is 0 Å². The van der Waals surface area contributed by atoms with Gasteiger partial charge in [0.05, 0.1) is 33.8 Å². The van der Waals surface area contributed by atoms with Gasteiger partial charge in [0.2, 0.25) is 5.91 Å². The second-order valence-electron chi connectivity index (χ2n) is 21.2. The van der Waals surface area contributed by atoms with Crippen molar-refractivity contribution in [2.75, 3.05) is 40.9 Å². The Morgan fingerprint density at radius 1 is 0.500 bits per heavy atom. The molecule has 0 aliphatic rings. The molecule has 3 atom stereocenters. The van der Waals surface area contributed by atoms with Crippen LogP contribution in [-0.4, -0.2) is 74.3 Å². The fraction of sp³-hybridized carbons (Fsp3) is 0.774. The lowest BCUT2D eigenvalue weighted by atomic mass is 10.0. The van der Waals surface area contributed by atoms with Crippen molar-refractivity contribution in [3.8, 4) is 0 Å². The van der Waals surface area contributed by atoms with Crippen LogP contribution in [0.1, 0.15) is 258 Å².